The second kappa shape index (κ2) is 7.68. The fourth-order valence-electron chi connectivity index (χ4n) is 3.06. The molecule has 2 saturated heterocycles. The van der Waals surface area contributed by atoms with E-state index >= 15 is 0 Å². The van der Waals surface area contributed by atoms with Crippen LogP contribution in [0.1, 0.15) is 13.8 Å². The SMILES string of the molecule is CC(C)[C@@H]1O[C@H](CO)C(OC2O[C@@H](CN)C(O)C(O)C2N)C1O. The van der Waals surface area contributed by atoms with E-state index in [2.05, 4.69) is 0 Å². The predicted octanol–water partition coefficient (Wildman–Crippen LogP) is -3.12. The molecule has 0 aromatic rings. The Kier molecular flexibility index (Phi) is 6.34. The minimum Gasteiger partial charge on any atom is -0.394 e. The second-order valence-corrected chi connectivity index (χ2v) is 6.49. The molecule has 2 aliphatic rings. The average Bonchev–Trinajstić information content (AvgIpc) is 2.84. The summed E-state index contributed by atoms with van der Waals surface area (Å²) in [5.41, 5.74) is 11.4. The van der Waals surface area contributed by atoms with Gasteiger partial charge in [-0.05, 0) is 5.92 Å². The van der Waals surface area contributed by atoms with Gasteiger partial charge in [0, 0.05) is 6.54 Å². The van der Waals surface area contributed by atoms with Crippen molar-refractivity contribution in [3.8, 4) is 0 Å². The van der Waals surface area contributed by atoms with E-state index in [4.69, 9.17) is 25.7 Å². The topological polar surface area (TPSA) is 161 Å². The minimum atomic E-state index is -1.27. The van der Waals surface area contributed by atoms with E-state index < -0.39 is 55.1 Å². The molecule has 2 rings (SSSR count). The lowest BCUT2D eigenvalue weighted by molar-refractivity contribution is -0.279. The van der Waals surface area contributed by atoms with Crippen molar-refractivity contribution in [3.05, 3.63) is 0 Å². The third kappa shape index (κ3) is 3.68. The summed E-state index contributed by atoms with van der Waals surface area (Å²) in [7, 11) is 0. The molecule has 0 radical (unpaired) electrons. The van der Waals surface area contributed by atoms with Crippen LogP contribution < -0.4 is 11.5 Å². The molecule has 9 atom stereocenters. The number of aliphatic hydroxyl groups is 4. The zero-order valence-electron chi connectivity index (χ0n) is 13.4. The van der Waals surface area contributed by atoms with E-state index in [-0.39, 0.29) is 19.1 Å². The van der Waals surface area contributed by atoms with Crippen LogP contribution in [0.3, 0.4) is 0 Å². The lowest BCUT2D eigenvalue weighted by Crippen LogP contribution is -2.64. The molecule has 0 bridgehead atoms. The molecule has 0 saturated carbocycles. The first-order valence-electron chi connectivity index (χ1n) is 7.88. The van der Waals surface area contributed by atoms with Gasteiger partial charge in [0.2, 0.25) is 0 Å². The van der Waals surface area contributed by atoms with Crippen molar-refractivity contribution in [2.75, 3.05) is 13.2 Å². The molecule has 2 fully saturated rings. The van der Waals surface area contributed by atoms with Crippen LogP contribution in [0.25, 0.3) is 0 Å². The summed E-state index contributed by atoms with van der Waals surface area (Å²) >= 11 is 0. The fraction of sp³-hybridized carbons (Fsp3) is 1.00. The number of rotatable bonds is 5. The maximum atomic E-state index is 10.4. The van der Waals surface area contributed by atoms with Gasteiger partial charge in [-0.15, -0.1) is 0 Å². The van der Waals surface area contributed by atoms with Crippen LogP contribution in [0.4, 0.5) is 0 Å². The van der Waals surface area contributed by atoms with Crippen LogP contribution in [0.2, 0.25) is 0 Å². The van der Waals surface area contributed by atoms with Gasteiger partial charge in [0.05, 0.1) is 18.8 Å². The van der Waals surface area contributed by atoms with Crippen molar-refractivity contribution < 1.29 is 34.6 Å². The third-order valence-electron chi connectivity index (χ3n) is 4.48. The Hall–Kier alpha value is -0.360. The van der Waals surface area contributed by atoms with Gasteiger partial charge in [-0.25, -0.2) is 0 Å². The molecule has 0 spiro atoms. The Morgan fingerprint density at radius 2 is 1.70 bits per heavy atom. The van der Waals surface area contributed by atoms with E-state index in [0.717, 1.165) is 0 Å². The van der Waals surface area contributed by atoms with Crippen molar-refractivity contribution in [2.45, 2.75) is 68.9 Å². The van der Waals surface area contributed by atoms with Crippen LogP contribution in [0.15, 0.2) is 0 Å². The van der Waals surface area contributed by atoms with Gasteiger partial charge in [0.25, 0.3) is 0 Å². The van der Waals surface area contributed by atoms with E-state index in [1.54, 1.807) is 0 Å². The molecule has 9 nitrogen and oxygen atoms in total. The second-order valence-electron chi connectivity index (χ2n) is 6.49. The normalized spacial score (nSPS) is 48.1. The first-order valence-corrected chi connectivity index (χ1v) is 7.88. The molecule has 0 aliphatic carbocycles. The highest BCUT2D eigenvalue weighted by molar-refractivity contribution is 4.96. The average molecular weight is 336 g/mol. The zero-order chi connectivity index (χ0) is 17.3. The van der Waals surface area contributed by atoms with Crippen LogP contribution in [-0.4, -0.2) is 88.6 Å². The third-order valence-corrected chi connectivity index (χ3v) is 4.48. The van der Waals surface area contributed by atoms with Crippen LogP contribution >= 0.6 is 0 Å². The smallest absolute Gasteiger partial charge is 0.176 e. The number of aliphatic hydroxyl groups excluding tert-OH is 4. The first-order chi connectivity index (χ1) is 10.8. The highest BCUT2D eigenvalue weighted by Crippen LogP contribution is 2.31. The zero-order valence-corrected chi connectivity index (χ0v) is 13.4. The maximum Gasteiger partial charge on any atom is 0.176 e. The minimum absolute atomic E-state index is 0.0213. The molecular weight excluding hydrogens is 308 g/mol. The van der Waals surface area contributed by atoms with Crippen molar-refractivity contribution >= 4 is 0 Å². The molecular formula is C14H28N2O7. The van der Waals surface area contributed by atoms with Crippen molar-refractivity contribution in [1.82, 2.24) is 0 Å². The quantitative estimate of drug-likeness (QED) is 0.305. The Morgan fingerprint density at radius 3 is 2.22 bits per heavy atom. The number of ether oxygens (including phenoxy) is 3. The Morgan fingerprint density at radius 1 is 1.04 bits per heavy atom. The van der Waals surface area contributed by atoms with Crippen LogP contribution in [0.5, 0.6) is 0 Å². The summed E-state index contributed by atoms with van der Waals surface area (Å²) in [4.78, 5) is 0. The molecule has 136 valence electrons. The number of hydrogen-bond donors (Lipinski definition) is 6. The molecule has 23 heavy (non-hydrogen) atoms. The fourth-order valence-corrected chi connectivity index (χ4v) is 3.06. The molecule has 2 aliphatic heterocycles. The monoisotopic (exact) mass is 336 g/mol. The van der Waals surface area contributed by atoms with Gasteiger partial charge in [0.1, 0.15) is 36.6 Å². The summed E-state index contributed by atoms with van der Waals surface area (Å²) in [6.07, 6.45) is -7.43. The van der Waals surface area contributed by atoms with Crippen molar-refractivity contribution in [3.63, 3.8) is 0 Å². The standard InChI is InChI=1S/C14H28N2O7/c1-5(2)12-11(20)13(7(4-17)21-12)23-14-8(16)10(19)9(18)6(3-15)22-14/h5-14,17-20H,3-4,15-16H2,1-2H3/t6-,7+,8?,9?,10?,11?,12-,13?,14?/m0/s1. The maximum absolute atomic E-state index is 10.4. The highest BCUT2D eigenvalue weighted by Gasteiger charge is 2.50. The molecule has 0 amide bonds. The Bertz CT molecular complexity index is 384. The van der Waals surface area contributed by atoms with Gasteiger partial charge in [-0.1, -0.05) is 13.8 Å². The largest absolute Gasteiger partial charge is 0.394 e. The lowest BCUT2D eigenvalue weighted by Gasteiger charge is -2.42. The number of hydrogen-bond acceptors (Lipinski definition) is 9. The molecule has 9 heteroatoms. The van der Waals surface area contributed by atoms with Gasteiger partial charge < -0.3 is 46.1 Å². The highest BCUT2D eigenvalue weighted by atomic mass is 16.7. The van der Waals surface area contributed by atoms with E-state index in [1.807, 2.05) is 13.8 Å². The lowest BCUT2D eigenvalue weighted by atomic mass is 9.96. The van der Waals surface area contributed by atoms with Crippen molar-refractivity contribution in [2.24, 2.45) is 17.4 Å². The summed E-state index contributed by atoms with van der Waals surface area (Å²) in [5.74, 6) is 0.0257. The van der Waals surface area contributed by atoms with Gasteiger partial charge >= 0.3 is 0 Å². The van der Waals surface area contributed by atoms with Gasteiger partial charge in [-0.2, -0.15) is 0 Å². The Labute approximate surface area is 135 Å². The molecule has 2 heterocycles. The number of nitrogens with two attached hydrogens (primary N) is 2. The first kappa shape index (κ1) is 19.0. The Balaban J connectivity index is 2.09. The van der Waals surface area contributed by atoms with Crippen molar-refractivity contribution in [1.29, 1.82) is 0 Å². The summed E-state index contributed by atoms with van der Waals surface area (Å²) in [5, 5.41) is 39.7. The van der Waals surface area contributed by atoms with E-state index in [1.165, 1.54) is 0 Å². The van der Waals surface area contributed by atoms with Crippen LogP contribution in [-0.2, 0) is 14.2 Å². The predicted molar refractivity (Wildman–Crippen MR) is 79.2 cm³/mol. The molecule has 6 unspecified atom stereocenters. The van der Waals surface area contributed by atoms with E-state index in [0.29, 0.717) is 0 Å². The summed E-state index contributed by atoms with van der Waals surface area (Å²) < 4.78 is 16.8. The summed E-state index contributed by atoms with van der Waals surface area (Å²) in [6, 6.07) is -1.02. The van der Waals surface area contributed by atoms with E-state index in [9.17, 15) is 20.4 Å². The molecule has 8 N–H and O–H groups in total. The van der Waals surface area contributed by atoms with Crippen LogP contribution in [0, 0.1) is 5.92 Å². The van der Waals surface area contributed by atoms with Gasteiger partial charge in [0.15, 0.2) is 6.29 Å². The molecule has 0 aromatic carbocycles. The molecule has 0 aromatic heterocycles. The summed E-state index contributed by atoms with van der Waals surface area (Å²) in [6.45, 7) is 3.42. The van der Waals surface area contributed by atoms with Gasteiger partial charge in [-0.3, -0.25) is 0 Å².